The zero-order valence-electron chi connectivity index (χ0n) is 20.2. The third kappa shape index (κ3) is 5.64. The van der Waals surface area contributed by atoms with Gasteiger partial charge in [0.2, 0.25) is 0 Å². The molecule has 2 aromatic carbocycles. The number of nitrogens with zero attached hydrogens (tertiary/aromatic N) is 2. The van der Waals surface area contributed by atoms with Crippen molar-refractivity contribution in [2.45, 2.75) is 64.6 Å². The van der Waals surface area contributed by atoms with Crippen molar-refractivity contribution in [1.82, 2.24) is 4.90 Å². The molecule has 0 radical (unpaired) electrons. The van der Waals surface area contributed by atoms with Gasteiger partial charge in [-0.3, -0.25) is 9.69 Å². The lowest BCUT2D eigenvalue weighted by molar-refractivity contribution is -0.143. The fraction of sp³-hybridized carbons (Fsp3) is 0.519. The second-order valence-corrected chi connectivity index (χ2v) is 10.8. The molecule has 1 saturated carbocycles. The third-order valence-electron chi connectivity index (χ3n) is 7.45. The Morgan fingerprint density at radius 3 is 2.62 bits per heavy atom. The van der Waals surface area contributed by atoms with Crippen molar-refractivity contribution >= 4 is 40.5 Å². The summed E-state index contributed by atoms with van der Waals surface area (Å²) in [6, 6.07) is 13.0. The lowest BCUT2D eigenvalue weighted by Crippen LogP contribution is -2.56. The fourth-order valence-electron chi connectivity index (χ4n) is 5.52. The van der Waals surface area contributed by atoms with Crippen molar-refractivity contribution in [3.63, 3.8) is 0 Å². The summed E-state index contributed by atoms with van der Waals surface area (Å²) >= 11 is 13.0. The molecular weight excluding hydrogens is 469 g/mol. The number of halogens is 2. The maximum atomic E-state index is 11.5. The quantitative estimate of drug-likeness (QED) is 0.463. The highest BCUT2D eigenvalue weighted by molar-refractivity contribution is 6.33. The zero-order chi connectivity index (χ0) is 24.4. The summed E-state index contributed by atoms with van der Waals surface area (Å²) in [4.78, 5) is 16.4. The van der Waals surface area contributed by atoms with Crippen molar-refractivity contribution in [1.29, 1.82) is 0 Å². The van der Waals surface area contributed by atoms with Crippen LogP contribution in [0.4, 0.5) is 11.4 Å². The Balaban J connectivity index is 1.44. The van der Waals surface area contributed by atoms with Crippen LogP contribution in [0, 0.1) is 12.8 Å². The average molecular weight is 505 g/mol. The highest BCUT2D eigenvalue weighted by Crippen LogP contribution is 2.35. The van der Waals surface area contributed by atoms with Gasteiger partial charge in [0, 0.05) is 42.4 Å². The summed E-state index contributed by atoms with van der Waals surface area (Å²) in [5.74, 6) is -0.834. The second-order valence-electron chi connectivity index (χ2n) is 9.95. The number of aliphatic carboxylic acids is 1. The molecule has 7 heteroatoms. The molecule has 184 valence electrons. The van der Waals surface area contributed by atoms with Crippen molar-refractivity contribution in [3.8, 4) is 0 Å². The molecule has 1 aliphatic carbocycles. The van der Waals surface area contributed by atoms with E-state index in [0.29, 0.717) is 17.1 Å². The minimum Gasteiger partial charge on any atom is -0.481 e. The van der Waals surface area contributed by atoms with E-state index < -0.39 is 5.97 Å². The van der Waals surface area contributed by atoms with Crippen LogP contribution in [0.15, 0.2) is 36.4 Å². The van der Waals surface area contributed by atoms with E-state index in [4.69, 9.17) is 23.2 Å². The number of carboxylic acids is 1. The van der Waals surface area contributed by atoms with Gasteiger partial charge in [0.05, 0.1) is 22.7 Å². The van der Waals surface area contributed by atoms with E-state index in [1.807, 2.05) is 19.1 Å². The Kier molecular flexibility index (Phi) is 7.96. The largest absolute Gasteiger partial charge is 0.481 e. The summed E-state index contributed by atoms with van der Waals surface area (Å²) in [6.45, 7) is 9.18. The molecule has 2 fully saturated rings. The molecule has 4 atom stereocenters. The van der Waals surface area contributed by atoms with Crippen LogP contribution < -0.4 is 10.2 Å². The number of hydrogen-bond acceptors (Lipinski definition) is 4. The van der Waals surface area contributed by atoms with Crippen LogP contribution in [-0.4, -0.2) is 47.7 Å². The number of carboxylic acid groups (broad SMARTS) is 1. The highest BCUT2D eigenvalue weighted by atomic mass is 35.5. The van der Waals surface area contributed by atoms with Crippen LogP contribution in [0.3, 0.4) is 0 Å². The first-order valence-electron chi connectivity index (χ1n) is 12.3. The van der Waals surface area contributed by atoms with Gasteiger partial charge in [0.15, 0.2) is 0 Å². The fourth-order valence-corrected chi connectivity index (χ4v) is 6.09. The number of hydrogen-bond donors (Lipinski definition) is 2. The lowest BCUT2D eigenvalue weighted by Gasteiger charge is -2.46. The van der Waals surface area contributed by atoms with Crippen LogP contribution in [0.5, 0.6) is 0 Å². The molecule has 3 unspecified atom stereocenters. The number of nitrogens with one attached hydrogen (secondary N) is 1. The van der Waals surface area contributed by atoms with E-state index in [-0.39, 0.29) is 12.0 Å². The third-order valence-corrected chi connectivity index (χ3v) is 8.10. The van der Waals surface area contributed by atoms with E-state index in [1.54, 1.807) is 0 Å². The van der Waals surface area contributed by atoms with Crippen LogP contribution in [0.2, 0.25) is 10.0 Å². The molecule has 34 heavy (non-hydrogen) atoms. The van der Waals surface area contributed by atoms with Crippen LogP contribution in [0.25, 0.3) is 0 Å². The molecule has 2 aliphatic rings. The predicted molar refractivity (Wildman–Crippen MR) is 141 cm³/mol. The number of benzene rings is 2. The summed E-state index contributed by atoms with van der Waals surface area (Å²) in [6.07, 6.45) is 3.70. The molecular formula is C27H35Cl2N3O2. The molecule has 1 aliphatic heterocycles. The molecule has 0 spiro atoms. The van der Waals surface area contributed by atoms with E-state index in [2.05, 4.69) is 53.2 Å². The Bertz CT molecular complexity index is 1030. The minimum absolute atomic E-state index is 0.0172. The summed E-state index contributed by atoms with van der Waals surface area (Å²) < 4.78 is 0. The SMILES string of the molecule is Cc1ccc(C(C)Nc2cc(N3CCN(C4CCCC(C(=O)O)C4)C[C@@H]3C)ccc2Cl)c(Cl)c1. The summed E-state index contributed by atoms with van der Waals surface area (Å²) in [5.41, 5.74) is 4.23. The first kappa shape index (κ1) is 25.2. The van der Waals surface area contributed by atoms with Crippen LogP contribution in [-0.2, 0) is 4.79 Å². The van der Waals surface area contributed by atoms with Gasteiger partial charge in [-0.1, -0.05) is 41.8 Å². The van der Waals surface area contributed by atoms with E-state index in [1.165, 1.54) is 0 Å². The van der Waals surface area contributed by atoms with Crippen LogP contribution >= 0.6 is 23.2 Å². The molecule has 2 N–H and O–H groups in total. The molecule has 0 amide bonds. The van der Waals surface area contributed by atoms with E-state index in [0.717, 1.165) is 72.8 Å². The number of aryl methyl sites for hydroxylation is 1. The van der Waals surface area contributed by atoms with Gasteiger partial charge in [-0.05, 0) is 75.4 Å². The molecule has 4 rings (SSSR count). The maximum Gasteiger partial charge on any atom is 0.306 e. The Morgan fingerprint density at radius 1 is 1.12 bits per heavy atom. The maximum absolute atomic E-state index is 11.5. The summed E-state index contributed by atoms with van der Waals surface area (Å²) in [5, 5.41) is 14.4. The summed E-state index contributed by atoms with van der Waals surface area (Å²) in [7, 11) is 0. The standard InChI is InChI=1S/C27H35Cl2N3O2/c1-17-7-9-23(25(29)13-17)19(3)30-26-15-22(8-10-24(26)28)32-12-11-31(16-18(32)2)21-6-4-5-20(14-21)27(33)34/h7-10,13,15,18-21,30H,4-6,11-12,14,16H2,1-3H3,(H,33,34)/t18-,19?,20?,21?/m0/s1. The lowest BCUT2D eigenvalue weighted by atomic mass is 9.84. The monoisotopic (exact) mass is 503 g/mol. The molecule has 5 nitrogen and oxygen atoms in total. The Labute approximate surface area is 213 Å². The van der Waals surface area contributed by atoms with Gasteiger partial charge in [-0.2, -0.15) is 0 Å². The predicted octanol–water partition coefficient (Wildman–Crippen LogP) is 6.63. The first-order valence-corrected chi connectivity index (χ1v) is 13.0. The highest BCUT2D eigenvalue weighted by Gasteiger charge is 2.34. The van der Waals surface area contributed by atoms with Gasteiger partial charge in [-0.15, -0.1) is 0 Å². The van der Waals surface area contributed by atoms with Crippen molar-refractivity contribution < 1.29 is 9.90 Å². The van der Waals surface area contributed by atoms with Gasteiger partial charge < -0.3 is 15.3 Å². The average Bonchev–Trinajstić information content (AvgIpc) is 2.80. The van der Waals surface area contributed by atoms with Gasteiger partial charge in [-0.25, -0.2) is 0 Å². The zero-order valence-corrected chi connectivity index (χ0v) is 21.7. The van der Waals surface area contributed by atoms with Crippen molar-refractivity contribution in [2.24, 2.45) is 5.92 Å². The first-order chi connectivity index (χ1) is 16.2. The smallest absolute Gasteiger partial charge is 0.306 e. The number of anilines is 2. The van der Waals surface area contributed by atoms with E-state index >= 15 is 0 Å². The Hall–Kier alpha value is -1.95. The second kappa shape index (κ2) is 10.8. The molecule has 0 bridgehead atoms. The molecule has 1 saturated heterocycles. The van der Waals surface area contributed by atoms with Crippen LogP contribution in [0.1, 0.15) is 56.7 Å². The normalized spacial score (nSPS) is 24.6. The molecule has 1 heterocycles. The molecule has 2 aromatic rings. The number of carbonyl (C=O) groups is 1. The minimum atomic E-state index is -0.640. The van der Waals surface area contributed by atoms with Crippen molar-refractivity contribution in [2.75, 3.05) is 29.9 Å². The number of rotatable bonds is 6. The van der Waals surface area contributed by atoms with Gasteiger partial charge in [0.25, 0.3) is 0 Å². The molecule has 0 aromatic heterocycles. The number of piperazine rings is 1. The van der Waals surface area contributed by atoms with Crippen molar-refractivity contribution in [3.05, 3.63) is 57.6 Å². The van der Waals surface area contributed by atoms with E-state index in [9.17, 15) is 9.90 Å². The van der Waals surface area contributed by atoms with Gasteiger partial charge in [0.1, 0.15) is 0 Å². The Morgan fingerprint density at radius 2 is 1.91 bits per heavy atom. The van der Waals surface area contributed by atoms with Gasteiger partial charge >= 0.3 is 5.97 Å². The topological polar surface area (TPSA) is 55.8 Å².